The van der Waals surface area contributed by atoms with Crippen LogP contribution in [0.2, 0.25) is 0 Å². The molecule has 0 aromatic heterocycles. The lowest BCUT2D eigenvalue weighted by molar-refractivity contribution is -0.883. The second-order valence-corrected chi connectivity index (χ2v) is 5.97. The zero-order chi connectivity index (χ0) is 21.2. The maximum atomic E-state index is 13.2. The van der Waals surface area contributed by atoms with Crippen molar-refractivity contribution in [2.45, 2.75) is 30.4 Å². The molecule has 154 valence electrons. The van der Waals surface area contributed by atoms with Crippen LogP contribution in [0.25, 0.3) is 0 Å². The van der Waals surface area contributed by atoms with E-state index in [2.05, 4.69) is 4.99 Å². The van der Waals surface area contributed by atoms with Crippen LogP contribution >= 0.6 is 0 Å². The average Bonchev–Trinajstić information content (AvgIpc) is 2.40. The van der Waals surface area contributed by atoms with Crippen LogP contribution in [0.4, 0.5) is 39.5 Å². The number of hydrogen-bond acceptors (Lipinski definition) is 3. The zero-order valence-corrected chi connectivity index (χ0v) is 13.4. The van der Waals surface area contributed by atoms with Crippen LogP contribution in [-0.4, -0.2) is 79.1 Å². The summed E-state index contributed by atoms with van der Waals surface area (Å²) >= 11 is 0. The lowest BCUT2D eigenvalue weighted by Gasteiger charge is -2.35. The molecule has 14 heteroatoms. The lowest BCUT2D eigenvalue weighted by Crippen LogP contribution is -2.65. The largest absolute Gasteiger partial charge is 0.858 e. The minimum absolute atomic E-state index is 0.0796. The molecule has 0 aromatic rings. The first kappa shape index (κ1) is 24.3. The highest BCUT2D eigenvalue weighted by atomic mass is 19.4. The van der Waals surface area contributed by atoms with Gasteiger partial charge in [-0.3, -0.25) is 4.99 Å². The Kier molecular flexibility index (Phi) is 6.99. The molecule has 0 saturated heterocycles. The Morgan fingerprint density at radius 3 is 1.85 bits per heavy atom. The number of quaternary nitrogens is 1. The summed E-state index contributed by atoms with van der Waals surface area (Å²) in [6, 6.07) is 0. The Morgan fingerprint density at radius 2 is 1.46 bits per heavy atom. The number of aliphatic carboxylic acids is 1. The number of aliphatic imine (C=N–C) groups is 1. The Morgan fingerprint density at radius 1 is 1.00 bits per heavy atom. The number of carboxylic acids is 1. The number of halogens is 9. The van der Waals surface area contributed by atoms with Crippen molar-refractivity contribution in [1.82, 2.24) is 0 Å². The predicted octanol–water partition coefficient (Wildman–Crippen LogP) is 1.76. The second-order valence-electron chi connectivity index (χ2n) is 5.97. The summed E-state index contributed by atoms with van der Waals surface area (Å²) in [4.78, 5) is 12.9. The highest BCUT2D eigenvalue weighted by Gasteiger charge is 2.81. The van der Waals surface area contributed by atoms with Gasteiger partial charge in [0.2, 0.25) is 0 Å². The molecule has 0 heterocycles. The first-order valence-electron chi connectivity index (χ1n) is 6.75. The van der Waals surface area contributed by atoms with Gasteiger partial charge in [0.05, 0.1) is 20.6 Å². The first-order valence-corrected chi connectivity index (χ1v) is 6.75. The molecular weight excluding hydrogens is 391 g/mol. The van der Waals surface area contributed by atoms with E-state index < -0.39 is 48.9 Å². The van der Waals surface area contributed by atoms with Crippen molar-refractivity contribution in [2.24, 2.45) is 4.99 Å². The number of carbonyl (C=O) groups is 1. The van der Waals surface area contributed by atoms with Gasteiger partial charge >= 0.3 is 29.9 Å². The summed E-state index contributed by atoms with van der Waals surface area (Å²) in [5.41, 5.74) is 0. The fourth-order valence-corrected chi connectivity index (χ4v) is 1.73. The minimum Gasteiger partial charge on any atom is -0.858 e. The van der Waals surface area contributed by atoms with E-state index in [0.29, 0.717) is 0 Å². The summed E-state index contributed by atoms with van der Waals surface area (Å²) in [6.45, 7) is -1.40. The standard InChI is InChI=1S/C12H15F9N2O3/c1-23(2,6-7(24)25)5-3-4-22-8(26)9(13,14)10(15,16)11(17,18)12(19,20)21/h3-6H2,1-2H3,(H-,22,24,25,26). The summed E-state index contributed by atoms with van der Waals surface area (Å²) in [7, 11) is 2.78. The molecule has 0 aliphatic carbocycles. The molecule has 0 atom stereocenters. The molecule has 0 unspecified atom stereocenters. The third-order valence-corrected chi connectivity index (χ3v) is 3.15. The molecule has 0 saturated carbocycles. The summed E-state index contributed by atoms with van der Waals surface area (Å²) in [5, 5.41) is 19.6. The maximum absolute atomic E-state index is 13.2. The van der Waals surface area contributed by atoms with Crippen molar-refractivity contribution in [3.05, 3.63) is 0 Å². The van der Waals surface area contributed by atoms with Crippen LogP contribution in [-0.2, 0) is 4.79 Å². The van der Waals surface area contributed by atoms with Crippen molar-refractivity contribution in [1.29, 1.82) is 0 Å². The van der Waals surface area contributed by atoms with Crippen molar-refractivity contribution in [3.63, 3.8) is 0 Å². The van der Waals surface area contributed by atoms with E-state index in [1.807, 2.05) is 0 Å². The summed E-state index contributed by atoms with van der Waals surface area (Å²) < 4.78 is 113. The molecule has 0 aliphatic heterocycles. The van der Waals surface area contributed by atoms with Gasteiger partial charge in [-0.15, -0.1) is 0 Å². The van der Waals surface area contributed by atoms with Crippen LogP contribution in [0.3, 0.4) is 0 Å². The van der Waals surface area contributed by atoms with Crippen LogP contribution in [0, 0.1) is 0 Å². The molecule has 26 heavy (non-hydrogen) atoms. The lowest BCUT2D eigenvalue weighted by atomic mass is 10.0. The summed E-state index contributed by atoms with van der Waals surface area (Å²) in [6.07, 6.45) is -7.30. The van der Waals surface area contributed by atoms with Gasteiger partial charge in [-0.05, 0) is 0 Å². The number of hydrogen-bond donors (Lipinski definition) is 1. The van der Waals surface area contributed by atoms with Gasteiger partial charge in [-0.25, -0.2) is 4.79 Å². The van der Waals surface area contributed by atoms with Crippen molar-refractivity contribution in [2.75, 3.05) is 33.7 Å². The van der Waals surface area contributed by atoms with E-state index in [1.54, 1.807) is 0 Å². The maximum Gasteiger partial charge on any atom is 0.460 e. The van der Waals surface area contributed by atoms with Crippen LogP contribution < -0.4 is 5.11 Å². The normalized spacial score (nSPS) is 15.3. The van der Waals surface area contributed by atoms with Crippen molar-refractivity contribution < 1.29 is 59.0 Å². The van der Waals surface area contributed by atoms with Gasteiger partial charge in [0.15, 0.2) is 6.54 Å². The minimum atomic E-state index is -7.16. The number of alkyl halides is 9. The Labute approximate surface area is 141 Å². The molecule has 0 amide bonds. The third kappa shape index (κ3) is 5.14. The first-order chi connectivity index (χ1) is 11.3. The van der Waals surface area contributed by atoms with Gasteiger partial charge in [-0.2, -0.15) is 39.5 Å². The predicted molar refractivity (Wildman–Crippen MR) is 67.3 cm³/mol. The molecule has 0 fully saturated rings. The van der Waals surface area contributed by atoms with E-state index in [1.165, 1.54) is 14.1 Å². The van der Waals surface area contributed by atoms with Gasteiger partial charge < -0.3 is 14.7 Å². The topological polar surface area (TPSA) is 72.7 Å². The van der Waals surface area contributed by atoms with E-state index in [4.69, 9.17) is 5.11 Å². The second kappa shape index (κ2) is 7.48. The van der Waals surface area contributed by atoms with Gasteiger partial charge in [0.1, 0.15) is 0 Å². The molecule has 0 radical (unpaired) electrons. The highest BCUT2D eigenvalue weighted by molar-refractivity contribution is 5.81. The van der Waals surface area contributed by atoms with E-state index >= 15 is 0 Å². The summed E-state index contributed by atoms with van der Waals surface area (Å²) in [5.74, 6) is -24.9. The Balaban J connectivity index is 5.19. The van der Waals surface area contributed by atoms with E-state index in [0.717, 1.165) is 0 Å². The van der Waals surface area contributed by atoms with Crippen molar-refractivity contribution in [3.8, 4) is 0 Å². The average molecular weight is 406 g/mol. The zero-order valence-electron chi connectivity index (χ0n) is 13.4. The Bertz CT molecular complexity index is 545. The molecule has 0 spiro atoms. The van der Waals surface area contributed by atoms with E-state index in [9.17, 15) is 49.4 Å². The van der Waals surface area contributed by atoms with Crippen molar-refractivity contribution >= 4 is 11.9 Å². The van der Waals surface area contributed by atoms with Gasteiger partial charge in [0.25, 0.3) is 0 Å². The monoisotopic (exact) mass is 406 g/mol. The molecule has 1 N–H and O–H groups in total. The van der Waals surface area contributed by atoms with Gasteiger partial charge in [0, 0.05) is 18.9 Å². The number of rotatable bonds is 9. The number of carboxylic acid groups (broad SMARTS) is 1. The molecule has 0 bridgehead atoms. The smallest absolute Gasteiger partial charge is 0.460 e. The van der Waals surface area contributed by atoms with Gasteiger partial charge in [-0.1, -0.05) is 0 Å². The fraction of sp³-hybridized carbons (Fsp3) is 0.833. The molecule has 0 aliphatic rings. The Hall–Kier alpha value is -1.73. The highest BCUT2D eigenvalue weighted by Crippen LogP contribution is 2.53. The van der Waals surface area contributed by atoms with Crippen LogP contribution in [0.15, 0.2) is 4.99 Å². The third-order valence-electron chi connectivity index (χ3n) is 3.15. The number of likely N-dealkylation sites (N-methyl/N-ethyl adjacent to an activating group) is 1. The van der Waals surface area contributed by atoms with E-state index in [-0.39, 0.29) is 17.4 Å². The number of nitrogens with zero attached hydrogens (tertiary/aromatic N) is 2. The SMILES string of the molecule is C[N+](C)(CCCN=C([O-])C(F)(F)C(F)(F)C(F)(F)C(F)(F)F)CC(=O)O. The molecule has 0 aromatic carbocycles. The molecule has 0 rings (SSSR count). The molecular formula is C12H15F9N2O3. The van der Waals surface area contributed by atoms with Crippen LogP contribution in [0.1, 0.15) is 6.42 Å². The van der Waals surface area contributed by atoms with Crippen LogP contribution in [0.5, 0.6) is 0 Å². The quantitative estimate of drug-likeness (QED) is 0.209. The fourth-order valence-electron chi connectivity index (χ4n) is 1.73. The molecule has 5 nitrogen and oxygen atoms in total.